The van der Waals surface area contributed by atoms with Crippen LogP contribution >= 0.6 is 0 Å². The summed E-state index contributed by atoms with van der Waals surface area (Å²) in [6, 6.07) is 17.5. The molecule has 0 aliphatic rings. The van der Waals surface area contributed by atoms with Crippen LogP contribution in [0.5, 0.6) is 0 Å². The number of anilines is 1. The fourth-order valence-corrected chi connectivity index (χ4v) is 2.58. The van der Waals surface area contributed by atoms with Crippen LogP contribution in [0.4, 0.5) is 5.69 Å². The van der Waals surface area contributed by atoms with Gasteiger partial charge in [0.05, 0.1) is 11.2 Å². The lowest BCUT2D eigenvalue weighted by atomic mass is 10.2. The van der Waals surface area contributed by atoms with Crippen LogP contribution in [-0.2, 0) is 4.79 Å². The van der Waals surface area contributed by atoms with Gasteiger partial charge >= 0.3 is 0 Å². The number of rotatable bonds is 6. The number of H-pyrrole nitrogens is 1. The first-order valence-electron chi connectivity index (χ1n) is 7.97. The fraction of sp³-hybridized carbons (Fsp3) is 0.158. The van der Waals surface area contributed by atoms with Gasteiger partial charge in [-0.05, 0) is 37.2 Å². The second-order valence-corrected chi connectivity index (χ2v) is 5.46. The number of nitrogens with two attached hydrogens (primary N) is 1. The maximum atomic E-state index is 12.6. The van der Waals surface area contributed by atoms with Crippen molar-refractivity contribution in [3.8, 4) is 0 Å². The number of carbonyl (C=O) groups excluding carboxylic acids is 1. The quantitative estimate of drug-likeness (QED) is 0.686. The molecule has 0 unspecified atom stereocenters. The third kappa shape index (κ3) is 3.52. The Labute approximate surface area is 140 Å². The SMILES string of the molecule is NCCCN(C(=O)C=Cc1n[nH]c2ccccc12)c1ccccc1. The zero-order valence-corrected chi connectivity index (χ0v) is 13.4. The summed E-state index contributed by atoms with van der Waals surface area (Å²) in [6.45, 7) is 1.13. The predicted octanol–water partition coefficient (Wildman–Crippen LogP) is 2.96. The van der Waals surface area contributed by atoms with E-state index in [1.807, 2.05) is 54.6 Å². The number of fused-ring (bicyclic) bond motifs is 1. The number of amides is 1. The largest absolute Gasteiger partial charge is 0.330 e. The molecule has 3 rings (SSSR count). The molecule has 3 N–H and O–H groups in total. The molecule has 1 heterocycles. The molecule has 0 spiro atoms. The molecule has 0 saturated carbocycles. The van der Waals surface area contributed by atoms with Crippen molar-refractivity contribution in [2.45, 2.75) is 6.42 Å². The van der Waals surface area contributed by atoms with E-state index in [-0.39, 0.29) is 5.91 Å². The molecule has 0 radical (unpaired) electrons. The lowest BCUT2D eigenvalue weighted by Gasteiger charge is -2.21. The Hall–Kier alpha value is -2.92. The van der Waals surface area contributed by atoms with E-state index in [4.69, 9.17) is 5.73 Å². The van der Waals surface area contributed by atoms with Crippen LogP contribution in [0.2, 0.25) is 0 Å². The van der Waals surface area contributed by atoms with Crippen LogP contribution < -0.4 is 10.6 Å². The average Bonchev–Trinajstić information content (AvgIpc) is 3.04. The van der Waals surface area contributed by atoms with Crippen LogP contribution in [0.15, 0.2) is 60.7 Å². The molecule has 5 heteroatoms. The number of aromatic amines is 1. The smallest absolute Gasteiger partial charge is 0.251 e. The molecule has 3 aromatic rings. The van der Waals surface area contributed by atoms with Crippen molar-refractivity contribution in [3.05, 3.63) is 66.4 Å². The number of hydrogen-bond acceptors (Lipinski definition) is 3. The van der Waals surface area contributed by atoms with E-state index in [1.165, 1.54) is 0 Å². The van der Waals surface area contributed by atoms with E-state index in [0.29, 0.717) is 13.1 Å². The standard InChI is InChI=1S/C19H20N4O/c20-13-6-14-23(15-7-2-1-3-8-15)19(24)12-11-18-16-9-4-5-10-17(16)21-22-18/h1-5,7-12H,6,13-14,20H2,(H,21,22). The first-order chi connectivity index (χ1) is 11.8. The van der Waals surface area contributed by atoms with Gasteiger partial charge in [0.2, 0.25) is 0 Å². The summed E-state index contributed by atoms with van der Waals surface area (Å²) in [7, 11) is 0. The summed E-state index contributed by atoms with van der Waals surface area (Å²) < 4.78 is 0. The molecule has 2 aromatic carbocycles. The molecule has 24 heavy (non-hydrogen) atoms. The Kier molecular flexibility index (Phi) is 5.03. The Morgan fingerprint density at radius 1 is 1.12 bits per heavy atom. The molecule has 1 amide bonds. The van der Waals surface area contributed by atoms with Crippen molar-refractivity contribution in [1.82, 2.24) is 10.2 Å². The molecule has 0 fully saturated rings. The number of benzene rings is 2. The first-order valence-corrected chi connectivity index (χ1v) is 7.97. The number of nitrogens with zero attached hydrogens (tertiary/aromatic N) is 2. The monoisotopic (exact) mass is 320 g/mol. The molecule has 5 nitrogen and oxygen atoms in total. The van der Waals surface area contributed by atoms with E-state index in [0.717, 1.165) is 28.7 Å². The minimum Gasteiger partial charge on any atom is -0.330 e. The molecule has 0 saturated heterocycles. The molecule has 0 aliphatic carbocycles. The van der Waals surface area contributed by atoms with Crippen molar-refractivity contribution < 1.29 is 4.79 Å². The molecule has 0 aliphatic heterocycles. The van der Waals surface area contributed by atoms with E-state index in [2.05, 4.69) is 10.2 Å². The van der Waals surface area contributed by atoms with Crippen molar-refractivity contribution in [2.75, 3.05) is 18.0 Å². The maximum Gasteiger partial charge on any atom is 0.251 e. The van der Waals surface area contributed by atoms with Gasteiger partial charge in [-0.1, -0.05) is 36.4 Å². The summed E-state index contributed by atoms with van der Waals surface area (Å²) in [5.41, 5.74) is 8.17. The highest BCUT2D eigenvalue weighted by atomic mass is 16.2. The zero-order valence-electron chi connectivity index (χ0n) is 13.4. The van der Waals surface area contributed by atoms with Crippen LogP contribution in [0.25, 0.3) is 17.0 Å². The molecular weight excluding hydrogens is 300 g/mol. The number of carbonyl (C=O) groups is 1. The number of nitrogens with one attached hydrogen (secondary N) is 1. The molecular formula is C19H20N4O. The molecule has 0 bridgehead atoms. The van der Waals surface area contributed by atoms with E-state index in [9.17, 15) is 4.79 Å². The van der Waals surface area contributed by atoms with Crippen molar-refractivity contribution in [2.24, 2.45) is 5.73 Å². The summed E-state index contributed by atoms with van der Waals surface area (Å²) in [4.78, 5) is 14.4. The van der Waals surface area contributed by atoms with Crippen molar-refractivity contribution in [3.63, 3.8) is 0 Å². The first kappa shape index (κ1) is 16.0. The normalized spacial score (nSPS) is 11.2. The Morgan fingerprint density at radius 3 is 2.67 bits per heavy atom. The Balaban J connectivity index is 1.82. The Bertz CT molecular complexity index is 839. The van der Waals surface area contributed by atoms with Crippen LogP contribution in [0.3, 0.4) is 0 Å². The molecule has 122 valence electrons. The maximum absolute atomic E-state index is 12.6. The Morgan fingerprint density at radius 2 is 1.88 bits per heavy atom. The van der Waals surface area contributed by atoms with Crippen LogP contribution in [-0.4, -0.2) is 29.2 Å². The van der Waals surface area contributed by atoms with E-state index < -0.39 is 0 Å². The summed E-state index contributed by atoms with van der Waals surface area (Å²) in [6.07, 6.45) is 4.06. The summed E-state index contributed by atoms with van der Waals surface area (Å²) in [5.74, 6) is -0.0817. The highest BCUT2D eigenvalue weighted by Gasteiger charge is 2.12. The van der Waals surface area contributed by atoms with Crippen molar-refractivity contribution >= 4 is 28.6 Å². The predicted molar refractivity (Wildman–Crippen MR) is 97.6 cm³/mol. The average molecular weight is 320 g/mol. The minimum atomic E-state index is -0.0817. The number of aromatic nitrogens is 2. The summed E-state index contributed by atoms with van der Waals surface area (Å²) in [5, 5.41) is 8.22. The van der Waals surface area contributed by atoms with Crippen LogP contribution in [0.1, 0.15) is 12.1 Å². The van der Waals surface area contributed by atoms with Gasteiger partial charge in [0, 0.05) is 23.7 Å². The second-order valence-electron chi connectivity index (χ2n) is 5.46. The van der Waals surface area contributed by atoms with Gasteiger partial charge in [-0.25, -0.2) is 0 Å². The number of hydrogen-bond donors (Lipinski definition) is 2. The third-order valence-electron chi connectivity index (χ3n) is 3.80. The minimum absolute atomic E-state index is 0.0817. The van der Waals surface area contributed by atoms with Crippen LogP contribution in [0, 0.1) is 0 Å². The summed E-state index contributed by atoms with van der Waals surface area (Å²) >= 11 is 0. The van der Waals surface area contributed by atoms with E-state index >= 15 is 0 Å². The zero-order chi connectivity index (χ0) is 16.8. The van der Waals surface area contributed by atoms with Gasteiger partial charge in [0.15, 0.2) is 0 Å². The third-order valence-corrected chi connectivity index (χ3v) is 3.80. The fourth-order valence-electron chi connectivity index (χ4n) is 2.58. The van der Waals surface area contributed by atoms with Crippen molar-refractivity contribution in [1.29, 1.82) is 0 Å². The van der Waals surface area contributed by atoms with Gasteiger partial charge in [0.25, 0.3) is 5.91 Å². The lowest BCUT2D eigenvalue weighted by Crippen LogP contribution is -2.31. The second kappa shape index (κ2) is 7.57. The molecule has 1 aromatic heterocycles. The highest BCUT2D eigenvalue weighted by Crippen LogP contribution is 2.18. The van der Waals surface area contributed by atoms with Gasteiger partial charge in [0.1, 0.15) is 0 Å². The highest BCUT2D eigenvalue weighted by molar-refractivity contribution is 6.04. The molecule has 0 atom stereocenters. The number of para-hydroxylation sites is 2. The van der Waals surface area contributed by atoms with Gasteiger partial charge in [-0.2, -0.15) is 5.10 Å². The van der Waals surface area contributed by atoms with Gasteiger partial charge < -0.3 is 10.6 Å². The van der Waals surface area contributed by atoms with Gasteiger partial charge in [-0.15, -0.1) is 0 Å². The lowest BCUT2D eigenvalue weighted by molar-refractivity contribution is -0.114. The van der Waals surface area contributed by atoms with E-state index in [1.54, 1.807) is 17.1 Å². The van der Waals surface area contributed by atoms with Gasteiger partial charge in [-0.3, -0.25) is 9.89 Å². The topological polar surface area (TPSA) is 75.0 Å².